The number of aryl methyl sites for hydroxylation is 2. The molecule has 2 heterocycles. The summed E-state index contributed by atoms with van der Waals surface area (Å²) in [4.78, 5) is 28.7. The van der Waals surface area contributed by atoms with Gasteiger partial charge in [-0.3, -0.25) is 19.9 Å². The third-order valence-electron chi connectivity index (χ3n) is 5.07. The lowest BCUT2D eigenvalue weighted by atomic mass is 9.86. The molecule has 2 aromatic heterocycles. The number of pyridine rings is 1. The zero-order valence-corrected chi connectivity index (χ0v) is 15.8. The van der Waals surface area contributed by atoms with Crippen LogP contribution >= 0.6 is 11.6 Å². The molecule has 1 unspecified atom stereocenters. The molecule has 0 fully saturated rings. The van der Waals surface area contributed by atoms with E-state index in [1.54, 1.807) is 17.6 Å². The summed E-state index contributed by atoms with van der Waals surface area (Å²) in [7, 11) is 0. The van der Waals surface area contributed by atoms with Gasteiger partial charge in [0.25, 0.3) is 11.8 Å². The third kappa shape index (κ3) is 3.10. The number of nitrogens with one attached hydrogen (secondary N) is 3. The molecule has 1 aliphatic rings. The Hall–Kier alpha value is -2.97. The second kappa shape index (κ2) is 7.21. The van der Waals surface area contributed by atoms with Crippen molar-refractivity contribution in [2.75, 3.05) is 0 Å². The highest BCUT2D eigenvalue weighted by molar-refractivity contribution is 6.38. The van der Waals surface area contributed by atoms with Gasteiger partial charge in [-0.15, -0.1) is 0 Å². The zero-order chi connectivity index (χ0) is 19.8. The average Bonchev–Trinajstić information content (AvgIpc) is 3.09. The van der Waals surface area contributed by atoms with Gasteiger partial charge in [-0.05, 0) is 49.4 Å². The van der Waals surface area contributed by atoms with Crippen LogP contribution in [0.5, 0.6) is 0 Å². The van der Waals surface area contributed by atoms with Crippen LogP contribution in [0.2, 0.25) is 5.02 Å². The average molecular weight is 400 g/mol. The molecule has 0 saturated heterocycles. The summed E-state index contributed by atoms with van der Waals surface area (Å²) in [5.74, 6) is -0.870. The lowest BCUT2D eigenvalue weighted by molar-refractivity contribution is 0.0706. The first-order valence-electron chi connectivity index (χ1n) is 8.87. The number of hydrogen-bond donors (Lipinski definition) is 4. The first-order chi connectivity index (χ1) is 13.5. The Bertz CT molecular complexity index is 1090. The maximum absolute atomic E-state index is 12.9. The van der Waals surface area contributed by atoms with Gasteiger partial charge in [0.15, 0.2) is 5.65 Å². The number of benzene rings is 1. The normalized spacial score (nSPS) is 15.9. The van der Waals surface area contributed by atoms with Gasteiger partial charge in [0, 0.05) is 17.5 Å². The predicted molar refractivity (Wildman–Crippen MR) is 102 cm³/mol. The van der Waals surface area contributed by atoms with Crippen LogP contribution in [0, 0.1) is 6.92 Å². The molecule has 8 nitrogen and oxygen atoms in total. The number of amides is 2. The van der Waals surface area contributed by atoms with E-state index < -0.39 is 5.91 Å². The Balaban J connectivity index is 1.62. The van der Waals surface area contributed by atoms with Crippen LogP contribution in [0.15, 0.2) is 24.4 Å². The fourth-order valence-electron chi connectivity index (χ4n) is 3.65. The Morgan fingerprint density at radius 1 is 1.32 bits per heavy atom. The molecule has 1 atom stereocenters. The minimum atomic E-state index is -0.560. The molecular formula is C19H18ClN5O3. The molecule has 0 radical (unpaired) electrons. The molecule has 0 saturated carbocycles. The van der Waals surface area contributed by atoms with E-state index in [4.69, 9.17) is 16.8 Å². The van der Waals surface area contributed by atoms with Crippen LogP contribution in [0.1, 0.15) is 56.4 Å². The van der Waals surface area contributed by atoms with Gasteiger partial charge in [-0.2, -0.15) is 5.10 Å². The van der Waals surface area contributed by atoms with Crippen LogP contribution in [-0.2, 0) is 6.42 Å². The largest absolute Gasteiger partial charge is 0.345 e. The number of halogens is 1. The Kier molecular flexibility index (Phi) is 4.74. The molecule has 2 amide bonds. The van der Waals surface area contributed by atoms with Crippen molar-refractivity contribution in [1.29, 1.82) is 0 Å². The summed E-state index contributed by atoms with van der Waals surface area (Å²) in [6, 6.07) is 4.99. The van der Waals surface area contributed by atoms with E-state index >= 15 is 0 Å². The number of carbonyl (C=O) groups excluding carboxylic acids is 2. The van der Waals surface area contributed by atoms with Crippen molar-refractivity contribution in [2.24, 2.45) is 0 Å². The van der Waals surface area contributed by atoms with Gasteiger partial charge in [-0.25, -0.2) is 10.5 Å². The highest BCUT2D eigenvalue weighted by Gasteiger charge is 2.25. The Morgan fingerprint density at radius 3 is 2.93 bits per heavy atom. The lowest BCUT2D eigenvalue weighted by Crippen LogP contribution is -2.31. The van der Waals surface area contributed by atoms with E-state index in [0.29, 0.717) is 27.2 Å². The van der Waals surface area contributed by atoms with Crippen molar-refractivity contribution in [3.8, 4) is 0 Å². The maximum atomic E-state index is 12.9. The molecule has 9 heteroatoms. The molecule has 28 heavy (non-hydrogen) atoms. The number of fused-ring (bicyclic) bond motifs is 2. The number of hydrogen-bond acceptors (Lipinski definition) is 5. The van der Waals surface area contributed by atoms with E-state index in [0.717, 1.165) is 36.1 Å². The maximum Gasteiger partial charge on any atom is 0.274 e. The van der Waals surface area contributed by atoms with Gasteiger partial charge in [0.05, 0.1) is 22.0 Å². The summed E-state index contributed by atoms with van der Waals surface area (Å²) >= 11 is 6.44. The second-order valence-electron chi connectivity index (χ2n) is 6.81. The molecule has 3 aromatic rings. The minimum Gasteiger partial charge on any atom is -0.345 e. The molecule has 1 aromatic carbocycles. The van der Waals surface area contributed by atoms with Gasteiger partial charge < -0.3 is 5.32 Å². The van der Waals surface area contributed by atoms with E-state index in [1.165, 1.54) is 6.20 Å². The highest BCUT2D eigenvalue weighted by atomic mass is 35.5. The molecule has 0 bridgehead atoms. The van der Waals surface area contributed by atoms with Crippen molar-refractivity contribution in [3.63, 3.8) is 0 Å². The topological polar surface area (TPSA) is 120 Å². The Morgan fingerprint density at radius 2 is 2.14 bits per heavy atom. The molecule has 0 aliphatic heterocycles. The third-order valence-corrected chi connectivity index (χ3v) is 5.46. The van der Waals surface area contributed by atoms with Crippen LogP contribution in [0.3, 0.4) is 0 Å². The van der Waals surface area contributed by atoms with Crippen LogP contribution in [0.4, 0.5) is 0 Å². The van der Waals surface area contributed by atoms with E-state index in [2.05, 4.69) is 20.5 Å². The summed E-state index contributed by atoms with van der Waals surface area (Å²) in [5.41, 5.74) is 5.46. The number of nitrogens with zero attached hydrogens (tertiary/aromatic N) is 2. The molecule has 4 N–H and O–H groups in total. The van der Waals surface area contributed by atoms with Gasteiger partial charge in [0.1, 0.15) is 0 Å². The number of aromatic nitrogens is 3. The molecule has 0 spiro atoms. The summed E-state index contributed by atoms with van der Waals surface area (Å²) in [6.07, 6.45) is 3.88. The zero-order valence-electron chi connectivity index (χ0n) is 15.0. The quantitative estimate of drug-likeness (QED) is 0.398. The van der Waals surface area contributed by atoms with Gasteiger partial charge >= 0.3 is 0 Å². The highest BCUT2D eigenvalue weighted by Crippen LogP contribution is 2.32. The molecule has 4 rings (SSSR count). The van der Waals surface area contributed by atoms with Crippen molar-refractivity contribution in [2.45, 2.75) is 32.2 Å². The number of hydroxylamine groups is 1. The SMILES string of the molecule is Cc1[nH]nc2ncc(C(=O)NC3CCCc4cc(C(=O)NO)ccc43)c(Cl)c12. The molecule has 1 aliphatic carbocycles. The number of aromatic amines is 1. The fourth-order valence-corrected chi connectivity index (χ4v) is 4.01. The van der Waals surface area contributed by atoms with Crippen molar-refractivity contribution < 1.29 is 14.8 Å². The minimum absolute atomic E-state index is 0.195. The lowest BCUT2D eigenvalue weighted by Gasteiger charge is -2.27. The Labute approximate surface area is 165 Å². The van der Waals surface area contributed by atoms with Gasteiger partial charge in [-0.1, -0.05) is 17.7 Å². The monoisotopic (exact) mass is 399 g/mol. The predicted octanol–water partition coefficient (Wildman–Crippen LogP) is 2.85. The number of rotatable bonds is 3. The first-order valence-corrected chi connectivity index (χ1v) is 9.24. The van der Waals surface area contributed by atoms with E-state index in [9.17, 15) is 9.59 Å². The first kappa shape index (κ1) is 18.4. The van der Waals surface area contributed by atoms with Crippen LogP contribution in [0.25, 0.3) is 11.0 Å². The second-order valence-corrected chi connectivity index (χ2v) is 7.18. The molecule has 144 valence electrons. The smallest absolute Gasteiger partial charge is 0.274 e. The van der Waals surface area contributed by atoms with Crippen LogP contribution in [-0.4, -0.2) is 32.2 Å². The van der Waals surface area contributed by atoms with Crippen molar-refractivity contribution in [3.05, 3.63) is 57.4 Å². The van der Waals surface area contributed by atoms with Crippen molar-refractivity contribution in [1.82, 2.24) is 26.0 Å². The summed E-state index contributed by atoms with van der Waals surface area (Å²) < 4.78 is 0. The van der Waals surface area contributed by atoms with Crippen molar-refractivity contribution >= 4 is 34.4 Å². The standard InChI is InChI=1S/C19H18ClN5O3/c1-9-15-16(20)13(8-21-17(15)24-23-9)19(27)22-14-4-2-3-10-7-11(18(26)25-28)5-6-12(10)14/h5-8,14,28H,2-4H2,1H3,(H,22,27)(H,25,26)(H,21,23,24). The van der Waals surface area contributed by atoms with Crippen LogP contribution < -0.4 is 10.8 Å². The number of H-pyrrole nitrogens is 1. The fraction of sp³-hybridized carbons (Fsp3) is 0.263. The molecular weight excluding hydrogens is 382 g/mol. The summed E-state index contributed by atoms with van der Waals surface area (Å²) in [6.45, 7) is 1.82. The summed E-state index contributed by atoms with van der Waals surface area (Å²) in [5, 5.41) is 19.7. The van der Waals surface area contributed by atoms with E-state index in [-0.39, 0.29) is 11.9 Å². The van der Waals surface area contributed by atoms with Gasteiger partial charge in [0.2, 0.25) is 0 Å². The number of carbonyl (C=O) groups is 2. The van der Waals surface area contributed by atoms with E-state index in [1.807, 2.05) is 13.0 Å².